The number of aromatic nitrogens is 3. The van der Waals surface area contributed by atoms with Gasteiger partial charge in [0, 0.05) is 5.92 Å². The van der Waals surface area contributed by atoms with Crippen LogP contribution < -0.4 is 0 Å². The van der Waals surface area contributed by atoms with Gasteiger partial charge in [0.1, 0.15) is 5.82 Å². The molecule has 0 saturated heterocycles. The van der Waals surface area contributed by atoms with Crippen LogP contribution in [-0.4, -0.2) is 15.2 Å². The van der Waals surface area contributed by atoms with Crippen LogP contribution in [0.15, 0.2) is 0 Å². The van der Waals surface area contributed by atoms with E-state index in [9.17, 15) is 0 Å². The van der Waals surface area contributed by atoms with E-state index in [-0.39, 0.29) is 0 Å². The maximum Gasteiger partial charge on any atom is 0.153 e. The molecule has 1 aliphatic rings. The number of nitrogens with zero attached hydrogens (tertiary/aromatic N) is 3. The van der Waals surface area contributed by atoms with Crippen molar-refractivity contribution in [3.05, 3.63) is 11.6 Å². The van der Waals surface area contributed by atoms with Crippen LogP contribution >= 0.6 is 0 Å². The number of H-pyrrole nitrogens is 1. The van der Waals surface area contributed by atoms with E-state index < -0.39 is 0 Å². The smallest absolute Gasteiger partial charge is 0.153 e. The highest BCUT2D eigenvalue weighted by atomic mass is 15.2. The Morgan fingerprint density at radius 3 is 3.07 bits per heavy atom. The van der Waals surface area contributed by atoms with E-state index in [1.807, 2.05) is 0 Å². The molecule has 1 fully saturated rings. The van der Waals surface area contributed by atoms with Gasteiger partial charge in [-0.05, 0) is 25.2 Å². The van der Waals surface area contributed by atoms with Crippen LogP contribution in [0.5, 0.6) is 0 Å². The second-order valence-corrected chi connectivity index (χ2v) is 4.26. The van der Waals surface area contributed by atoms with Gasteiger partial charge in [-0.3, -0.25) is 5.10 Å². The molecule has 1 aromatic heterocycles. The number of aromatic amines is 1. The Bertz CT molecular complexity index is 363. The first-order valence-corrected chi connectivity index (χ1v) is 5.61. The summed E-state index contributed by atoms with van der Waals surface area (Å²) in [5, 5.41) is 15.6. The van der Waals surface area contributed by atoms with Crippen LogP contribution in [0.1, 0.15) is 50.2 Å². The molecule has 2 rings (SSSR count). The molecule has 15 heavy (non-hydrogen) atoms. The lowest BCUT2D eigenvalue weighted by molar-refractivity contribution is 0.517. The topological polar surface area (TPSA) is 65.4 Å². The number of hydrogen-bond donors (Lipinski definition) is 1. The molecule has 0 amide bonds. The number of nitriles is 1. The number of hydrogen-bond acceptors (Lipinski definition) is 3. The van der Waals surface area contributed by atoms with Gasteiger partial charge in [0.25, 0.3) is 0 Å². The molecule has 0 aromatic carbocycles. The lowest BCUT2D eigenvalue weighted by atomic mass is 10.0. The summed E-state index contributed by atoms with van der Waals surface area (Å²) in [6.45, 7) is 2.24. The van der Waals surface area contributed by atoms with Crippen LogP contribution in [0, 0.1) is 17.2 Å². The number of rotatable bonds is 3. The van der Waals surface area contributed by atoms with Gasteiger partial charge in [0.05, 0.1) is 12.5 Å². The molecule has 0 aliphatic heterocycles. The van der Waals surface area contributed by atoms with Gasteiger partial charge in [-0.15, -0.1) is 0 Å². The SMILES string of the molecule is CCC1CCC(c2n[nH]c(CC#N)n2)C1. The molecule has 1 aromatic rings. The second kappa shape index (κ2) is 4.43. The van der Waals surface area contributed by atoms with Crippen LogP contribution in [0.25, 0.3) is 0 Å². The number of nitrogens with one attached hydrogen (secondary N) is 1. The third-order valence-electron chi connectivity index (χ3n) is 3.28. The first-order valence-electron chi connectivity index (χ1n) is 5.61. The Labute approximate surface area is 89.7 Å². The molecule has 0 bridgehead atoms. The summed E-state index contributed by atoms with van der Waals surface area (Å²) in [6, 6.07) is 2.07. The first kappa shape index (κ1) is 10.2. The van der Waals surface area contributed by atoms with Crippen molar-refractivity contribution in [2.75, 3.05) is 0 Å². The van der Waals surface area contributed by atoms with Crippen molar-refractivity contribution in [2.45, 2.75) is 44.9 Å². The fourth-order valence-electron chi connectivity index (χ4n) is 2.33. The summed E-state index contributed by atoms with van der Waals surface area (Å²) in [7, 11) is 0. The molecule has 2 unspecified atom stereocenters. The molecule has 0 radical (unpaired) electrons. The summed E-state index contributed by atoms with van der Waals surface area (Å²) in [6.07, 6.45) is 5.29. The maximum absolute atomic E-state index is 8.54. The molecular formula is C11H16N4. The predicted octanol–water partition coefficient (Wildman–Crippen LogP) is 2.16. The van der Waals surface area contributed by atoms with Crippen molar-refractivity contribution >= 4 is 0 Å². The highest BCUT2D eigenvalue weighted by Gasteiger charge is 2.27. The van der Waals surface area contributed by atoms with E-state index in [0.717, 1.165) is 11.7 Å². The van der Waals surface area contributed by atoms with Gasteiger partial charge >= 0.3 is 0 Å². The Hall–Kier alpha value is -1.37. The van der Waals surface area contributed by atoms with E-state index in [1.165, 1.54) is 25.7 Å². The Morgan fingerprint density at radius 2 is 2.40 bits per heavy atom. The van der Waals surface area contributed by atoms with E-state index in [4.69, 9.17) is 5.26 Å². The molecule has 1 N–H and O–H groups in total. The van der Waals surface area contributed by atoms with Gasteiger partial charge in [0.15, 0.2) is 5.82 Å². The Balaban J connectivity index is 2.01. The van der Waals surface area contributed by atoms with Gasteiger partial charge < -0.3 is 0 Å². The highest BCUT2D eigenvalue weighted by Crippen LogP contribution is 2.38. The zero-order chi connectivity index (χ0) is 10.7. The molecule has 80 valence electrons. The van der Waals surface area contributed by atoms with Gasteiger partial charge in [-0.2, -0.15) is 10.4 Å². The minimum atomic E-state index is 0.330. The van der Waals surface area contributed by atoms with Crippen LogP contribution in [0.4, 0.5) is 0 Å². The van der Waals surface area contributed by atoms with E-state index in [0.29, 0.717) is 18.2 Å². The predicted molar refractivity (Wildman–Crippen MR) is 56.1 cm³/mol. The largest absolute Gasteiger partial charge is 0.262 e. The minimum absolute atomic E-state index is 0.330. The lowest BCUT2D eigenvalue weighted by Crippen LogP contribution is -1.97. The third-order valence-corrected chi connectivity index (χ3v) is 3.28. The zero-order valence-electron chi connectivity index (χ0n) is 9.03. The van der Waals surface area contributed by atoms with Crippen molar-refractivity contribution in [3.63, 3.8) is 0 Å². The van der Waals surface area contributed by atoms with E-state index in [2.05, 4.69) is 28.2 Å². The van der Waals surface area contributed by atoms with Crippen molar-refractivity contribution in [3.8, 4) is 6.07 Å². The fourth-order valence-corrected chi connectivity index (χ4v) is 2.33. The summed E-state index contributed by atoms with van der Waals surface area (Å²) in [4.78, 5) is 4.36. The molecular weight excluding hydrogens is 188 g/mol. The maximum atomic E-state index is 8.54. The molecule has 1 aliphatic carbocycles. The molecule has 4 heteroatoms. The average Bonchev–Trinajstić information content (AvgIpc) is 2.85. The normalized spacial score (nSPS) is 25.3. The van der Waals surface area contributed by atoms with Gasteiger partial charge in [-0.25, -0.2) is 4.98 Å². The Morgan fingerprint density at radius 1 is 1.53 bits per heavy atom. The molecule has 4 nitrogen and oxygen atoms in total. The summed E-state index contributed by atoms with van der Waals surface area (Å²) in [5.74, 6) is 2.97. The van der Waals surface area contributed by atoms with Gasteiger partial charge in [0.2, 0.25) is 0 Å². The van der Waals surface area contributed by atoms with Crippen molar-refractivity contribution in [1.82, 2.24) is 15.2 Å². The van der Waals surface area contributed by atoms with Crippen LogP contribution in [0.3, 0.4) is 0 Å². The highest BCUT2D eigenvalue weighted by molar-refractivity contribution is 5.03. The summed E-state index contributed by atoms with van der Waals surface area (Å²) >= 11 is 0. The Kier molecular flexibility index (Phi) is 3.00. The third kappa shape index (κ3) is 2.17. The lowest BCUT2D eigenvalue weighted by Gasteiger charge is -2.04. The van der Waals surface area contributed by atoms with Crippen molar-refractivity contribution in [2.24, 2.45) is 5.92 Å². The minimum Gasteiger partial charge on any atom is -0.262 e. The van der Waals surface area contributed by atoms with Crippen molar-refractivity contribution < 1.29 is 0 Å². The fraction of sp³-hybridized carbons (Fsp3) is 0.727. The van der Waals surface area contributed by atoms with Crippen LogP contribution in [-0.2, 0) is 6.42 Å². The molecule has 2 atom stereocenters. The first-order chi connectivity index (χ1) is 7.33. The molecule has 1 saturated carbocycles. The summed E-state index contributed by atoms with van der Waals surface area (Å²) < 4.78 is 0. The average molecular weight is 204 g/mol. The van der Waals surface area contributed by atoms with Crippen molar-refractivity contribution in [1.29, 1.82) is 5.26 Å². The summed E-state index contributed by atoms with van der Waals surface area (Å²) in [5.41, 5.74) is 0. The van der Waals surface area contributed by atoms with E-state index >= 15 is 0 Å². The standard InChI is InChI=1S/C11H16N4/c1-2-8-3-4-9(7-8)11-13-10(5-6-12)14-15-11/h8-9H,2-5,7H2,1H3,(H,13,14,15). The van der Waals surface area contributed by atoms with Crippen LogP contribution in [0.2, 0.25) is 0 Å². The second-order valence-electron chi connectivity index (χ2n) is 4.26. The molecule has 1 heterocycles. The van der Waals surface area contributed by atoms with E-state index in [1.54, 1.807) is 0 Å². The quantitative estimate of drug-likeness (QED) is 0.820. The zero-order valence-corrected chi connectivity index (χ0v) is 9.03. The van der Waals surface area contributed by atoms with Gasteiger partial charge in [-0.1, -0.05) is 13.3 Å². The molecule has 0 spiro atoms. The monoisotopic (exact) mass is 204 g/mol.